The van der Waals surface area contributed by atoms with Crippen molar-refractivity contribution in [1.29, 1.82) is 0 Å². The van der Waals surface area contributed by atoms with E-state index in [-0.39, 0.29) is 6.04 Å². The molecule has 0 bridgehead atoms. The summed E-state index contributed by atoms with van der Waals surface area (Å²) in [5.41, 5.74) is 4.41. The van der Waals surface area contributed by atoms with E-state index in [1.807, 2.05) is 52.8 Å². The molecule has 1 aromatic heterocycles. The van der Waals surface area contributed by atoms with Crippen LogP contribution in [0.1, 0.15) is 41.1 Å². The van der Waals surface area contributed by atoms with Gasteiger partial charge in [0.05, 0.1) is 10.9 Å². The third-order valence-corrected chi connectivity index (χ3v) is 8.99. The molecule has 0 amide bonds. The molecule has 176 valence electrons. The maximum absolute atomic E-state index is 13.5. The molecule has 1 saturated heterocycles. The summed E-state index contributed by atoms with van der Waals surface area (Å²) in [6, 6.07) is 9.20. The van der Waals surface area contributed by atoms with Crippen LogP contribution in [0.4, 0.5) is 0 Å². The third-order valence-electron chi connectivity index (χ3n) is 6.59. The van der Waals surface area contributed by atoms with Crippen LogP contribution in [0.25, 0.3) is 11.5 Å². The van der Waals surface area contributed by atoms with E-state index in [1.54, 1.807) is 16.4 Å². The fourth-order valence-corrected chi connectivity index (χ4v) is 6.51. The summed E-state index contributed by atoms with van der Waals surface area (Å²) >= 11 is 6.07. The Balaban J connectivity index is 1.48. The normalized spacial score (nSPS) is 16.8. The minimum atomic E-state index is -3.58. The van der Waals surface area contributed by atoms with Gasteiger partial charge >= 0.3 is 0 Å². The Morgan fingerprint density at radius 2 is 1.61 bits per heavy atom. The molecular weight excluding hydrogens is 460 g/mol. The summed E-state index contributed by atoms with van der Waals surface area (Å²) in [6.45, 7) is 11.7. The van der Waals surface area contributed by atoms with E-state index >= 15 is 0 Å². The summed E-state index contributed by atoms with van der Waals surface area (Å²) < 4.78 is 34.5. The number of aryl methyl sites for hydroxylation is 2. The molecule has 0 saturated carbocycles. The maximum Gasteiger partial charge on any atom is 0.247 e. The Hall–Kier alpha value is -2.26. The molecule has 2 aromatic carbocycles. The van der Waals surface area contributed by atoms with Crippen molar-refractivity contribution in [2.24, 2.45) is 0 Å². The molecule has 7 nitrogen and oxygen atoms in total. The van der Waals surface area contributed by atoms with Crippen molar-refractivity contribution in [3.05, 3.63) is 63.5 Å². The van der Waals surface area contributed by atoms with Crippen molar-refractivity contribution in [1.82, 2.24) is 19.4 Å². The number of benzene rings is 2. The quantitative estimate of drug-likeness (QED) is 0.518. The Bertz CT molecular complexity index is 1250. The number of rotatable bonds is 5. The zero-order valence-electron chi connectivity index (χ0n) is 19.6. The zero-order valence-corrected chi connectivity index (χ0v) is 21.2. The first-order valence-corrected chi connectivity index (χ1v) is 12.8. The summed E-state index contributed by atoms with van der Waals surface area (Å²) in [7, 11) is -3.58. The number of halogens is 1. The van der Waals surface area contributed by atoms with E-state index in [0.717, 1.165) is 27.8 Å². The van der Waals surface area contributed by atoms with E-state index in [0.29, 0.717) is 47.9 Å². The largest absolute Gasteiger partial charge is 0.419 e. The van der Waals surface area contributed by atoms with Crippen molar-refractivity contribution < 1.29 is 12.8 Å². The van der Waals surface area contributed by atoms with Crippen LogP contribution < -0.4 is 0 Å². The Labute approximate surface area is 200 Å². The number of hydrogen-bond acceptors (Lipinski definition) is 6. The molecule has 0 N–H and O–H groups in total. The van der Waals surface area contributed by atoms with Gasteiger partial charge in [0.2, 0.25) is 21.8 Å². The molecular formula is C24H29ClN4O3S. The molecule has 1 aliphatic rings. The highest BCUT2D eigenvalue weighted by Crippen LogP contribution is 2.31. The van der Waals surface area contributed by atoms with Crippen LogP contribution in [-0.2, 0) is 10.0 Å². The summed E-state index contributed by atoms with van der Waals surface area (Å²) in [6.07, 6.45) is 0. The van der Waals surface area contributed by atoms with Crippen molar-refractivity contribution >= 4 is 21.6 Å². The lowest BCUT2D eigenvalue weighted by Crippen LogP contribution is -2.49. The molecule has 0 spiro atoms. The van der Waals surface area contributed by atoms with Gasteiger partial charge in [-0.05, 0) is 75.1 Å². The van der Waals surface area contributed by atoms with Gasteiger partial charge in [-0.1, -0.05) is 23.7 Å². The minimum Gasteiger partial charge on any atom is -0.419 e. The molecule has 4 rings (SSSR count). The Kier molecular flexibility index (Phi) is 6.64. The van der Waals surface area contributed by atoms with Crippen LogP contribution in [0.3, 0.4) is 0 Å². The van der Waals surface area contributed by atoms with Crippen LogP contribution in [0.15, 0.2) is 39.6 Å². The highest BCUT2D eigenvalue weighted by Gasteiger charge is 2.34. The van der Waals surface area contributed by atoms with E-state index in [2.05, 4.69) is 15.1 Å². The molecule has 1 aliphatic heterocycles. The summed E-state index contributed by atoms with van der Waals surface area (Å²) in [5.74, 6) is 0.920. The monoisotopic (exact) mass is 488 g/mol. The topological polar surface area (TPSA) is 79.5 Å². The van der Waals surface area contributed by atoms with Crippen LogP contribution in [0, 0.1) is 27.7 Å². The van der Waals surface area contributed by atoms with Gasteiger partial charge in [0.1, 0.15) is 0 Å². The van der Waals surface area contributed by atoms with E-state index in [4.69, 9.17) is 16.0 Å². The average Bonchev–Trinajstić information content (AvgIpc) is 3.28. The highest BCUT2D eigenvalue weighted by atomic mass is 35.5. The van der Waals surface area contributed by atoms with Gasteiger partial charge in [0.15, 0.2) is 0 Å². The van der Waals surface area contributed by atoms with E-state index in [9.17, 15) is 8.42 Å². The van der Waals surface area contributed by atoms with Crippen LogP contribution in [0.2, 0.25) is 5.02 Å². The third kappa shape index (κ3) is 4.57. The zero-order chi connectivity index (χ0) is 23.9. The number of sulfonamides is 1. The molecule has 1 atom stereocenters. The van der Waals surface area contributed by atoms with Gasteiger partial charge in [0.25, 0.3) is 0 Å². The predicted octanol–water partition coefficient (Wildman–Crippen LogP) is 4.69. The van der Waals surface area contributed by atoms with Crippen molar-refractivity contribution in [2.75, 3.05) is 26.2 Å². The highest BCUT2D eigenvalue weighted by molar-refractivity contribution is 7.89. The van der Waals surface area contributed by atoms with Crippen LogP contribution in [0.5, 0.6) is 0 Å². The fraction of sp³-hybridized carbons (Fsp3) is 0.417. The average molecular weight is 489 g/mol. The first-order valence-electron chi connectivity index (χ1n) is 11.0. The van der Waals surface area contributed by atoms with Gasteiger partial charge < -0.3 is 4.42 Å². The minimum absolute atomic E-state index is 0.125. The number of hydrogen-bond donors (Lipinski definition) is 0. The SMILES string of the molecule is Cc1cc(C)c(C)c(S(=O)(=O)N2CCN([C@H](C)c3nnc(-c4cccc(Cl)c4)o3)CC2)c1C. The smallest absolute Gasteiger partial charge is 0.247 e. The van der Waals surface area contributed by atoms with Gasteiger partial charge in [-0.3, -0.25) is 4.90 Å². The lowest BCUT2D eigenvalue weighted by molar-refractivity contribution is 0.129. The molecule has 9 heteroatoms. The van der Waals surface area contributed by atoms with Crippen LogP contribution in [-0.4, -0.2) is 54.0 Å². The van der Waals surface area contributed by atoms with Crippen molar-refractivity contribution in [3.63, 3.8) is 0 Å². The molecule has 0 unspecified atom stereocenters. The number of aromatic nitrogens is 2. The molecule has 33 heavy (non-hydrogen) atoms. The van der Waals surface area contributed by atoms with Gasteiger partial charge in [-0.2, -0.15) is 4.31 Å². The molecule has 3 aromatic rings. The number of piperazine rings is 1. The second-order valence-electron chi connectivity index (χ2n) is 8.66. The first kappa shape index (κ1) is 23.9. The van der Waals surface area contributed by atoms with E-state index < -0.39 is 10.0 Å². The maximum atomic E-state index is 13.5. The van der Waals surface area contributed by atoms with Crippen molar-refractivity contribution in [2.45, 2.75) is 45.6 Å². The molecule has 2 heterocycles. The Morgan fingerprint density at radius 1 is 0.970 bits per heavy atom. The summed E-state index contributed by atoms with van der Waals surface area (Å²) in [4.78, 5) is 2.62. The van der Waals surface area contributed by atoms with Crippen LogP contribution >= 0.6 is 11.6 Å². The molecule has 0 radical (unpaired) electrons. The predicted molar refractivity (Wildman–Crippen MR) is 129 cm³/mol. The lowest BCUT2D eigenvalue weighted by atomic mass is 10.0. The van der Waals surface area contributed by atoms with E-state index in [1.165, 1.54) is 0 Å². The van der Waals surface area contributed by atoms with Gasteiger partial charge in [-0.25, -0.2) is 8.42 Å². The second kappa shape index (κ2) is 9.18. The standard InChI is InChI=1S/C24H29ClN4O3S/c1-15-13-16(2)18(4)22(17(15)3)33(30,31)29-11-9-28(10-12-29)19(5)23-26-27-24(32-23)20-7-6-8-21(25)14-20/h6-8,13-14,19H,9-12H2,1-5H3/t19-/m1/s1. The molecule has 0 aliphatic carbocycles. The summed E-state index contributed by atoms with van der Waals surface area (Å²) in [5, 5.41) is 8.99. The second-order valence-corrected chi connectivity index (χ2v) is 11.0. The van der Waals surface area contributed by atoms with Gasteiger partial charge in [0, 0.05) is 36.8 Å². The first-order chi connectivity index (χ1) is 15.6. The van der Waals surface area contributed by atoms with Gasteiger partial charge in [-0.15, -0.1) is 10.2 Å². The lowest BCUT2D eigenvalue weighted by Gasteiger charge is -2.36. The Morgan fingerprint density at radius 3 is 2.21 bits per heavy atom. The fourth-order valence-electron chi connectivity index (χ4n) is 4.33. The van der Waals surface area contributed by atoms with Crippen molar-refractivity contribution in [3.8, 4) is 11.5 Å². The number of nitrogens with zero attached hydrogens (tertiary/aromatic N) is 4. The molecule has 1 fully saturated rings.